The lowest BCUT2D eigenvalue weighted by Gasteiger charge is -2.26. The molecular formula is C21H23FN2O5S. The second-order valence-corrected chi connectivity index (χ2v) is 8.99. The lowest BCUT2D eigenvalue weighted by molar-refractivity contribution is -0.119. The zero-order valence-electron chi connectivity index (χ0n) is 16.6. The standard InChI is InChI=1S/C21H23FN2O5S/c1-15-8-9-18(13-19(15)30(27,28)24-10-3-2-4-11-24)23-20(25)14-29-21(26)16-6-5-7-17(22)12-16/h5-9,12-13H,2-4,10-11,14H2,1H3,(H,23,25). The van der Waals surface area contributed by atoms with Crippen LogP contribution in [0, 0.1) is 12.7 Å². The predicted molar refractivity (Wildman–Crippen MR) is 109 cm³/mol. The third-order valence-electron chi connectivity index (χ3n) is 4.80. The topological polar surface area (TPSA) is 92.8 Å². The Bertz CT molecular complexity index is 1050. The van der Waals surface area contributed by atoms with Crippen LogP contribution >= 0.6 is 0 Å². The number of benzene rings is 2. The van der Waals surface area contributed by atoms with Gasteiger partial charge in [-0.05, 0) is 55.7 Å². The van der Waals surface area contributed by atoms with Gasteiger partial charge in [-0.3, -0.25) is 4.79 Å². The Hall–Kier alpha value is -2.78. The van der Waals surface area contributed by atoms with Gasteiger partial charge in [-0.25, -0.2) is 17.6 Å². The Balaban J connectivity index is 1.66. The number of ether oxygens (including phenoxy) is 1. The summed E-state index contributed by atoms with van der Waals surface area (Å²) in [5, 5.41) is 2.53. The van der Waals surface area contributed by atoms with Crippen molar-refractivity contribution in [1.29, 1.82) is 0 Å². The average molecular weight is 434 g/mol. The van der Waals surface area contributed by atoms with Crippen LogP contribution in [-0.2, 0) is 19.6 Å². The number of esters is 1. The third kappa shape index (κ3) is 5.22. The van der Waals surface area contributed by atoms with Gasteiger partial charge >= 0.3 is 5.97 Å². The number of carbonyl (C=O) groups excluding carboxylic acids is 2. The highest BCUT2D eigenvalue weighted by Gasteiger charge is 2.27. The van der Waals surface area contributed by atoms with E-state index in [1.54, 1.807) is 19.1 Å². The number of aryl methyl sites for hydroxylation is 1. The van der Waals surface area contributed by atoms with E-state index in [0.717, 1.165) is 25.3 Å². The summed E-state index contributed by atoms with van der Waals surface area (Å²) < 4.78 is 45.4. The number of anilines is 1. The monoisotopic (exact) mass is 434 g/mol. The van der Waals surface area contributed by atoms with E-state index in [1.807, 2.05) is 0 Å². The highest BCUT2D eigenvalue weighted by atomic mass is 32.2. The molecule has 0 aromatic heterocycles. The van der Waals surface area contributed by atoms with Gasteiger partial charge in [0.25, 0.3) is 5.91 Å². The van der Waals surface area contributed by atoms with E-state index in [2.05, 4.69) is 5.32 Å². The molecule has 1 heterocycles. The summed E-state index contributed by atoms with van der Waals surface area (Å²) in [5.74, 6) is -2.05. The van der Waals surface area contributed by atoms with Gasteiger partial charge in [0, 0.05) is 18.8 Å². The molecule has 1 aliphatic heterocycles. The molecule has 2 aromatic carbocycles. The molecule has 7 nitrogen and oxygen atoms in total. The van der Waals surface area contributed by atoms with Crippen molar-refractivity contribution < 1.29 is 27.1 Å². The van der Waals surface area contributed by atoms with Crippen LogP contribution in [0.2, 0.25) is 0 Å². The third-order valence-corrected chi connectivity index (χ3v) is 6.84. The number of nitrogens with one attached hydrogen (secondary N) is 1. The first-order valence-corrected chi connectivity index (χ1v) is 11.0. The molecule has 30 heavy (non-hydrogen) atoms. The molecule has 0 bridgehead atoms. The Kier molecular flexibility index (Phi) is 6.84. The summed E-state index contributed by atoms with van der Waals surface area (Å²) in [4.78, 5) is 24.2. The van der Waals surface area contributed by atoms with Crippen LogP contribution in [0.25, 0.3) is 0 Å². The molecule has 1 aliphatic rings. The van der Waals surface area contributed by atoms with Crippen molar-refractivity contribution in [3.8, 4) is 0 Å². The molecule has 0 radical (unpaired) electrons. The fourth-order valence-corrected chi connectivity index (χ4v) is 4.99. The fraction of sp³-hybridized carbons (Fsp3) is 0.333. The van der Waals surface area contributed by atoms with E-state index < -0.39 is 34.3 Å². The SMILES string of the molecule is Cc1ccc(NC(=O)COC(=O)c2cccc(F)c2)cc1S(=O)(=O)N1CCCCC1. The minimum absolute atomic E-state index is 0.00644. The Morgan fingerprint density at radius 2 is 1.83 bits per heavy atom. The molecule has 2 aromatic rings. The minimum atomic E-state index is -3.66. The van der Waals surface area contributed by atoms with Gasteiger partial charge in [0.05, 0.1) is 10.5 Å². The van der Waals surface area contributed by atoms with Crippen LogP contribution in [0.3, 0.4) is 0 Å². The van der Waals surface area contributed by atoms with Crippen molar-refractivity contribution in [3.63, 3.8) is 0 Å². The molecule has 0 atom stereocenters. The van der Waals surface area contributed by atoms with Gasteiger partial charge < -0.3 is 10.1 Å². The number of hydrogen-bond acceptors (Lipinski definition) is 5. The second kappa shape index (κ2) is 9.36. The molecule has 1 fully saturated rings. The van der Waals surface area contributed by atoms with E-state index in [0.29, 0.717) is 18.7 Å². The Morgan fingerprint density at radius 1 is 1.10 bits per heavy atom. The molecular weight excluding hydrogens is 411 g/mol. The highest BCUT2D eigenvalue weighted by molar-refractivity contribution is 7.89. The predicted octanol–water partition coefficient (Wildman–Crippen LogP) is 3.10. The van der Waals surface area contributed by atoms with Crippen molar-refractivity contribution in [1.82, 2.24) is 4.31 Å². The molecule has 0 spiro atoms. The molecule has 0 aliphatic carbocycles. The van der Waals surface area contributed by atoms with E-state index >= 15 is 0 Å². The summed E-state index contributed by atoms with van der Waals surface area (Å²) in [5.41, 5.74) is 0.854. The number of carbonyl (C=O) groups is 2. The Labute approximate surface area is 174 Å². The maximum Gasteiger partial charge on any atom is 0.338 e. The van der Waals surface area contributed by atoms with Crippen LogP contribution in [0.5, 0.6) is 0 Å². The molecule has 9 heteroatoms. The van der Waals surface area contributed by atoms with E-state index in [4.69, 9.17) is 4.74 Å². The fourth-order valence-electron chi connectivity index (χ4n) is 3.23. The number of nitrogens with zero attached hydrogens (tertiary/aromatic N) is 1. The van der Waals surface area contributed by atoms with E-state index in [9.17, 15) is 22.4 Å². The molecule has 1 saturated heterocycles. The summed E-state index contributed by atoms with van der Waals surface area (Å²) in [6.45, 7) is 2.07. The van der Waals surface area contributed by atoms with Gasteiger partial charge in [0.15, 0.2) is 6.61 Å². The molecule has 160 valence electrons. The number of hydrogen-bond donors (Lipinski definition) is 1. The maximum absolute atomic E-state index is 13.2. The van der Waals surface area contributed by atoms with Crippen LogP contribution in [-0.4, -0.2) is 44.3 Å². The van der Waals surface area contributed by atoms with Crippen LogP contribution in [0.1, 0.15) is 35.2 Å². The van der Waals surface area contributed by atoms with Gasteiger partial charge in [-0.1, -0.05) is 18.6 Å². The van der Waals surface area contributed by atoms with Crippen molar-refractivity contribution in [2.45, 2.75) is 31.1 Å². The number of piperidine rings is 1. The smallest absolute Gasteiger partial charge is 0.338 e. The molecule has 0 unspecified atom stereocenters. The molecule has 3 rings (SSSR count). The van der Waals surface area contributed by atoms with Crippen LogP contribution in [0.4, 0.5) is 10.1 Å². The van der Waals surface area contributed by atoms with Crippen molar-refractivity contribution >= 4 is 27.6 Å². The van der Waals surface area contributed by atoms with Gasteiger partial charge in [-0.15, -0.1) is 0 Å². The van der Waals surface area contributed by atoms with E-state index in [-0.39, 0.29) is 16.1 Å². The quantitative estimate of drug-likeness (QED) is 0.706. The van der Waals surface area contributed by atoms with Crippen molar-refractivity contribution in [2.24, 2.45) is 0 Å². The first kappa shape index (κ1) is 21.9. The van der Waals surface area contributed by atoms with Crippen LogP contribution in [0.15, 0.2) is 47.4 Å². The lowest BCUT2D eigenvalue weighted by atomic mass is 10.2. The largest absolute Gasteiger partial charge is 0.452 e. The zero-order chi connectivity index (χ0) is 21.7. The van der Waals surface area contributed by atoms with Gasteiger partial charge in [0.1, 0.15) is 5.82 Å². The number of sulfonamides is 1. The Morgan fingerprint density at radius 3 is 2.53 bits per heavy atom. The number of amides is 1. The van der Waals surface area contributed by atoms with Gasteiger partial charge in [-0.2, -0.15) is 4.31 Å². The summed E-state index contributed by atoms with van der Waals surface area (Å²) >= 11 is 0. The summed E-state index contributed by atoms with van der Waals surface area (Å²) in [6, 6.07) is 9.55. The minimum Gasteiger partial charge on any atom is -0.452 e. The number of halogens is 1. The number of rotatable bonds is 6. The van der Waals surface area contributed by atoms with Crippen molar-refractivity contribution in [3.05, 3.63) is 59.4 Å². The molecule has 1 N–H and O–H groups in total. The molecule has 1 amide bonds. The highest BCUT2D eigenvalue weighted by Crippen LogP contribution is 2.26. The summed E-state index contributed by atoms with van der Waals surface area (Å²) in [6.07, 6.45) is 2.66. The molecule has 0 saturated carbocycles. The summed E-state index contributed by atoms with van der Waals surface area (Å²) in [7, 11) is -3.66. The van der Waals surface area contributed by atoms with Gasteiger partial charge in [0.2, 0.25) is 10.0 Å². The van der Waals surface area contributed by atoms with Crippen molar-refractivity contribution in [2.75, 3.05) is 25.0 Å². The van der Waals surface area contributed by atoms with Crippen LogP contribution < -0.4 is 5.32 Å². The first-order chi connectivity index (χ1) is 14.3. The normalized spacial score (nSPS) is 14.9. The lowest BCUT2D eigenvalue weighted by Crippen LogP contribution is -2.36. The zero-order valence-corrected chi connectivity index (χ0v) is 17.4. The average Bonchev–Trinajstić information content (AvgIpc) is 2.74. The van der Waals surface area contributed by atoms with E-state index in [1.165, 1.54) is 28.6 Å². The second-order valence-electron chi connectivity index (χ2n) is 7.08. The first-order valence-electron chi connectivity index (χ1n) is 9.61. The maximum atomic E-state index is 13.2.